The Kier molecular flexibility index (Phi) is 6.77. The van der Waals surface area contributed by atoms with Gasteiger partial charge in [0.1, 0.15) is 0 Å². The number of hydrogen-bond acceptors (Lipinski definition) is 1. The second-order valence-electron chi connectivity index (χ2n) is 8.38. The molecular weight excluding hydrogens is 401 g/mol. The summed E-state index contributed by atoms with van der Waals surface area (Å²) in [5, 5.41) is 3.79. The number of rotatable bonds is 7. The third kappa shape index (κ3) is 4.94. The van der Waals surface area contributed by atoms with Gasteiger partial charge in [0, 0.05) is 35.5 Å². The number of carbonyl (C=O) groups is 1. The summed E-state index contributed by atoms with van der Waals surface area (Å²) >= 11 is 0. The maximum Gasteiger partial charge on any atom is 0.416 e. The summed E-state index contributed by atoms with van der Waals surface area (Å²) in [5.41, 5.74) is 2.11. The van der Waals surface area contributed by atoms with E-state index in [1.807, 2.05) is 45.9 Å². The minimum atomic E-state index is -4.50. The van der Waals surface area contributed by atoms with Crippen molar-refractivity contribution in [3.05, 3.63) is 70.9 Å². The van der Waals surface area contributed by atoms with Gasteiger partial charge in [0.05, 0.1) is 5.56 Å². The second-order valence-corrected chi connectivity index (χ2v) is 8.38. The Bertz CT molecular complexity index is 1050. The van der Waals surface area contributed by atoms with Crippen molar-refractivity contribution in [2.75, 3.05) is 0 Å². The van der Waals surface area contributed by atoms with E-state index >= 15 is 0 Å². The zero-order valence-corrected chi connectivity index (χ0v) is 18.3. The molecule has 2 atom stereocenters. The number of amides is 1. The molecule has 0 aliphatic carbocycles. The number of halogens is 3. The maximum absolute atomic E-state index is 13.8. The predicted molar refractivity (Wildman–Crippen MR) is 118 cm³/mol. The van der Waals surface area contributed by atoms with Crippen molar-refractivity contribution >= 4 is 16.8 Å². The van der Waals surface area contributed by atoms with Gasteiger partial charge in [0.15, 0.2) is 0 Å². The molecule has 3 nitrogen and oxygen atoms in total. The van der Waals surface area contributed by atoms with E-state index in [0.29, 0.717) is 5.56 Å². The van der Waals surface area contributed by atoms with E-state index in [1.165, 1.54) is 12.1 Å². The van der Waals surface area contributed by atoms with Gasteiger partial charge in [0.2, 0.25) is 5.91 Å². The molecular formula is C25H29F3N2O. The lowest BCUT2D eigenvalue weighted by molar-refractivity contribution is -0.138. The SMILES string of the molecule is CCc1cccc2c([C@H](CC(=O)N[C@H](C)C(C)C)c3ccccc3C(F)(F)F)c[nH]c12. The van der Waals surface area contributed by atoms with Crippen LogP contribution in [0.2, 0.25) is 0 Å². The largest absolute Gasteiger partial charge is 0.416 e. The molecule has 166 valence electrons. The van der Waals surface area contributed by atoms with Crippen molar-refractivity contribution < 1.29 is 18.0 Å². The molecule has 1 amide bonds. The number of fused-ring (bicyclic) bond motifs is 1. The third-order valence-corrected chi connectivity index (χ3v) is 6.01. The van der Waals surface area contributed by atoms with Crippen LogP contribution in [-0.2, 0) is 17.4 Å². The minimum Gasteiger partial charge on any atom is -0.361 e. The first kappa shape index (κ1) is 22.9. The minimum absolute atomic E-state index is 0.0620. The molecule has 0 bridgehead atoms. The standard InChI is InChI=1S/C25H29F3N2O/c1-5-17-9-8-11-19-21(14-29-24(17)19)20(13-23(31)30-16(4)15(2)3)18-10-6-7-12-22(18)25(26,27)28/h6-12,14-16,20,29H,5,13H2,1-4H3,(H,30,31)/t16-,20-/m1/s1. The number of aromatic amines is 1. The van der Waals surface area contributed by atoms with Crippen molar-refractivity contribution in [1.29, 1.82) is 0 Å². The molecule has 0 fully saturated rings. The van der Waals surface area contributed by atoms with Gasteiger partial charge in [-0.3, -0.25) is 4.79 Å². The zero-order valence-electron chi connectivity index (χ0n) is 18.3. The number of alkyl halides is 3. The van der Waals surface area contributed by atoms with E-state index in [1.54, 1.807) is 12.3 Å². The first-order valence-corrected chi connectivity index (χ1v) is 10.7. The van der Waals surface area contributed by atoms with Crippen molar-refractivity contribution in [3.8, 4) is 0 Å². The highest BCUT2D eigenvalue weighted by Gasteiger charge is 2.36. The number of H-pyrrole nitrogens is 1. The van der Waals surface area contributed by atoms with Crippen molar-refractivity contribution in [3.63, 3.8) is 0 Å². The predicted octanol–water partition coefficient (Wildman–Crippen LogP) is 6.43. The van der Waals surface area contributed by atoms with E-state index < -0.39 is 17.7 Å². The van der Waals surface area contributed by atoms with E-state index in [0.717, 1.165) is 29.0 Å². The molecule has 0 aliphatic heterocycles. The number of para-hydroxylation sites is 1. The van der Waals surface area contributed by atoms with Gasteiger partial charge in [-0.25, -0.2) is 0 Å². The lowest BCUT2D eigenvalue weighted by atomic mass is 9.84. The molecule has 3 rings (SSSR count). The average molecular weight is 431 g/mol. The van der Waals surface area contributed by atoms with Gasteiger partial charge < -0.3 is 10.3 Å². The molecule has 2 N–H and O–H groups in total. The van der Waals surface area contributed by atoms with E-state index in [2.05, 4.69) is 10.3 Å². The molecule has 0 spiro atoms. The molecule has 6 heteroatoms. The monoisotopic (exact) mass is 430 g/mol. The first-order chi connectivity index (χ1) is 14.6. The molecule has 1 heterocycles. The fourth-order valence-electron chi connectivity index (χ4n) is 3.93. The van der Waals surface area contributed by atoms with Crippen LogP contribution in [0.3, 0.4) is 0 Å². The second kappa shape index (κ2) is 9.16. The average Bonchev–Trinajstić information content (AvgIpc) is 3.15. The highest BCUT2D eigenvalue weighted by molar-refractivity contribution is 5.88. The molecule has 3 aromatic rings. The molecule has 1 aromatic heterocycles. The van der Waals surface area contributed by atoms with Crippen molar-refractivity contribution in [2.24, 2.45) is 5.92 Å². The van der Waals surface area contributed by atoms with Gasteiger partial charge >= 0.3 is 6.18 Å². The van der Waals surface area contributed by atoms with Crippen LogP contribution in [0.5, 0.6) is 0 Å². The quantitative estimate of drug-likeness (QED) is 0.446. The number of aromatic nitrogens is 1. The molecule has 2 aromatic carbocycles. The first-order valence-electron chi connectivity index (χ1n) is 10.7. The van der Waals surface area contributed by atoms with Crippen LogP contribution in [0.25, 0.3) is 10.9 Å². The third-order valence-electron chi connectivity index (χ3n) is 6.01. The van der Waals surface area contributed by atoms with Gasteiger partial charge in [-0.15, -0.1) is 0 Å². The van der Waals surface area contributed by atoms with Crippen molar-refractivity contribution in [2.45, 2.75) is 58.7 Å². The van der Waals surface area contributed by atoms with Crippen LogP contribution in [0.15, 0.2) is 48.7 Å². The van der Waals surface area contributed by atoms with Crippen LogP contribution >= 0.6 is 0 Å². The normalized spacial score (nSPS) is 14.1. The Labute approximate surface area is 181 Å². The highest BCUT2D eigenvalue weighted by Crippen LogP contribution is 2.41. The number of aryl methyl sites for hydroxylation is 1. The summed E-state index contributed by atoms with van der Waals surface area (Å²) in [5.74, 6) is -0.757. The Hall–Kier alpha value is -2.76. The van der Waals surface area contributed by atoms with Crippen LogP contribution in [0.1, 0.15) is 62.3 Å². The van der Waals surface area contributed by atoms with Gasteiger partial charge in [-0.2, -0.15) is 13.2 Å². The summed E-state index contributed by atoms with van der Waals surface area (Å²) in [4.78, 5) is 16.1. The number of benzene rings is 2. The summed E-state index contributed by atoms with van der Waals surface area (Å²) in [7, 11) is 0. The van der Waals surface area contributed by atoms with Crippen LogP contribution in [0, 0.1) is 5.92 Å². The number of carbonyl (C=O) groups excluding carboxylic acids is 1. The van der Waals surface area contributed by atoms with Crippen LogP contribution in [-0.4, -0.2) is 16.9 Å². The highest BCUT2D eigenvalue weighted by atomic mass is 19.4. The van der Waals surface area contributed by atoms with E-state index in [4.69, 9.17) is 0 Å². The molecule has 0 aliphatic rings. The molecule has 0 unspecified atom stereocenters. The summed E-state index contributed by atoms with van der Waals surface area (Å²) in [6, 6.07) is 11.3. The molecule has 0 radical (unpaired) electrons. The Morgan fingerprint density at radius 3 is 2.39 bits per heavy atom. The number of hydrogen-bond donors (Lipinski definition) is 2. The fraction of sp³-hybridized carbons (Fsp3) is 0.400. The summed E-state index contributed by atoms with van der Waals surface area (Å²) in [6.07, 6.45) is -2.01. The van der Waals surface area contributed by atoms with Crippen molar-refractivity contribution in [1.82, 2.24) is 10.3 Å². The van der Waals surface area contributed by atoms with Crippen LogP contribution < -0.4 is 5.32 Å². The Morgan fingerprint density at radius 1 is 1.03 bits per heavy atom. The Balaban J connectivity index is 2.12. The lowest BCUT2D eigenvalue weighted by Gasteiger charge is -2.23. The topological polar surface area (TPSA) is 44.9 Å². The Morgan fingerprint density at radius 2 is 1.74 bits per heavy atom. The van der Waals surface area contributed by atoms with Gasteiger partial charge in [-0.1, -0.05) is 57.2 Å². The van der Waals surface area contributed by atoms with E-state index in [9.17, 15) is 18.0 Å². The van der Waals surface area contributed by atoms with Gasteiger partial charge in [0.25, 0.3) is 0 Å². The van der Waals surface area contributed by atoms with Crippen LogP contribution in [0.4, 0.5) is 13.2 Å². The summed E-state index contributed by atoms with van der Waals surface area (Å²) < 4.78 is 41.5. The maximum atomic E-state index is 13.8. The zero-order chi connectivity index (χ0) is 22.8. The van der Waals surface area contributed by atoms with E-state index in [-0.39, 0.29) is 29.9 Å². The smallest absolute Gasteiger partial charge is 0.361 e. The lowest BCUT2D eigenvalue weighted by Crippen LogP contribution is -2.37. The molecule has 0 saturated heterocycles. The summed E-state index contributed by atoms with van der Waals surface area (Å²) in [6.45, 7) is 7.92. The van der Waals surface area contributed by atoms with Gasteiger partial charge in [-0.05, 0) is 42.0 Å². The number of nitrogens with one attached hydrogen (secondary N) is 2. The fourth-order valence-corrected chi connectivity index (χ4v) is 3.93. The molecule has 0 saturated carbocycles. The molecule has 31 heavy (non-hydrogen) atoms.